The van der Waals surface area contributed by atoms with Crippen molar-refractivity contribution < 1.29 is 19.5 Å². The summed E-state index contributed by atoms with van der Waals surface area (Å²) < 4.78 is 10.5. The van der Waals surface area contributed by atoms with Gasteiger partial charge in [0.1, 0.15) is 6.61 Å². The van der Waals surface area contributed by atoms with Crippen molar-refractivity contribution in [3.63, 3.8) is 0 Å². The molecule has 0 spiro atoms. The topological polar surface area (TPSA) is 93.9 Å². The fraction of sp³-hybridized carbons (Fsp3) is 0.455. The van der Waals surface area contributed by atoms with Gasteiger partial charge in [-0.3, -0.25) is 10.1 Å². The summed E-state index contributed by atoms with van der Waals surface area (Å²) >= 11 is 0. The number of nitro groups is 1. The summed E-state index contributed by atoms with van der Waals surface area (Å²) in [5.74, 6) is 0.650. The van der Waals surface area contributed by atoms with Gasteiger partial charge < -0.3 is 19.9 Å². The molecule has 0 amide bonds. The van der Waals surface area contributed by atoms with Crippen molar-refractivity contribution in [1.82, 2.24) is 5.32 Å². The lowest BCUT2D eigenvalue weighted by Gasteiger charge is -2.11. The number of aliphatic hydroxyl groups is 1. The van der Waals surface area contributed by atoms with Gasteiger partial charge in [-0.1, -0.05) is 0 Å². The largest absolute Gasteiger partial charge is 0.493 e. The second-order valence-corrected chi connectivity index (χ2v) is 3.50. The Kier molecular flexibility index (Phi) is 5.34. The van der Waals surface area contributed by atoms with Crippen LogP contribution < -0.4 is 14.8 Å². The summed E-state index contributed by atoms with van der Waals surface area (Å²) in [6, 6.07) is 2.67. The highest BCUT2D eigenvalue weighted by atomic mass is 16.6. The van der Waals surface area contributed by atoms with E-state index in [0.717, 1.165) is 0 Å². The van der Waals surface area contributed by atoms with Crippen LogP contribution in [0.5, 0.6) is 11.5 Å². The van der Waals surface area contributed by atoms with Gasteiger partial charge in [-0.2, -0.15) is 0 Å². The molecule has 7 nitrogen and oxygen atoms in total. The Morgan fingerprint density at radius 3 is 2.67 bits per heavy atom. The molecule has 1 aromatic rings. The molecule has 0 aliphatic heterocycles. The SMILES string of the molecule is CNCCOc1cc([N+](=O)[O-])c(CO)cc1OC. The molecule has 2 N–H and O–H groups in total. The molecule has 7 heteroatoms. The second-order valence-electron chi connectivity index (χ2n) is 3.50. The van der Waals surface area contributed by atoms with Gasteiger partial charge in [0.2, 0.25) is 0 Å². The molecule has 0 saturated carbocycles. The fourth-order valence-corrected chi connectivity index (χ4v) is 1.42. The van der Waals surface area contributed by atoms with Gasteiger partial charge in [-0.25, -0.2) is 0 Å². The molecule has 0 heterocycles. The highest BCUT2D eigenvalue weighted by molar-refractivity contribution is 5.54. The van der Waals surface area contributed by atoms with Crippen molar-refractivity contribution >= 4 is 5.69 Å². The summed E-state index contributed by atoms with van der Waals surface area (Å²) in [5.41, 5.74) is 0.00979. The van der Waals surface area contributed by atoms with Crippen LogP contribution in [0.25, 0.3) is 0 Å². The zero-order valence-corrected chi connectivity index (χ0v) is 10.3. The maximum absolute atomic E-state index is 10.8. The smallest absolute Gasteiger partial charge is 0.278 e. The Balaban J connectivity index is 3.07. The van der Waals surface area contributed by atoms with E-state index >= 15 is 0 Å². The van der Waals surface area contributed by atoms with E-state index in [4.69, 9.17) is 14.6 Å². The van der Waals surface area contributed by atoms with E-state index in [-0.39, 0.29) is 17.0 Å². The Hall–Kier alpha value is -1.86. The predicted octanol–water partition coefficient (Wildman–Crippen LogP) is 0.694. The van der Waals surface area contributed by atoms with Crippen LogP contribution in [0.15, 0.2) is 12.1 Å². The van der Waals surface area contributed by atoms with Crippen LogP contribution in [0.1, 0.15) is 5.56 Å². The van der Waals surface area contributed by atoms with Crippen LogP contribution in [0, 0.1) is 10.1 Å². The number of ether oxygens (including phenoxy) is 2. The molecule has 0 aliphatic rings. The molecule has 1 rings (SSSR count). The number of nitro benzene ring substituents is 1. The van der Waals surface area contributed by atoms with E-state index in [9.17, 15) is 10.1 Å². The molecule has 0 aliphatic carbocycles. The molecule has 0 radical (unpaired) electrons. The molecular formula is C11H16N2O5. The van der Waals surface area contributed by atoms with Gasteiger partial charge >= 0.3 is 0 Å². The predicted molar refractivity (Wildman–Crippen MR) is 65.0 cm³/mol. The normalized spacial score (nSPS) is 10.2. The van der Waals surface area contributed by atoms with Gasteiger partial charge in [-0.05, 0) is 13.1 Å². The lowest BCUT2D eigenvalue weighted by molar-refractivity contribution is -0.385. The Morgan fingerprint density at radius 2 is 2.17 bits per heavy atom. The minimum atomic E-state index is -0.560. The standard InChI is InChI=1S/C11H16N2O5/c1-12-3-4-18-11-6-9(13(15)16)8(7-14)5-10(11)17-2/h5-6,12,14H,3-4,7H2,1-2H3. The number of aliphatic hydroxyl groups excluding tert-OH is 1. The molecule has 1 aromatic carbocycles. The third-order valence-electron chi connectivity index (χ3n) is 2.34. The van der Waals surface area contributed by atoms with Gasteiger partial charge in [-0.15, -0.1) is 0 Å². The van der Waals surface area contributed by atoms with Gasteiger partial charge in [0.25, 0.3) is 5.69 Å². The maximum atomic E-state index is 10.8. The summed E-state index contributed by atoms with van der Waals surface area (Å²) in [7, 11) is 3.21. The highest BCUT2D eigenvalue weighted by Crippen LogP contribution is 2.34. The van der Waals surface area contributed by atoms with Crippen LogP contribution in [0.4, 0.5) is 5.69 Å². The average Bonchev–Trinajstić information content (AvgIpc) is 2.38. The minimum Gasteiger partial charge on any atom is -0.493 e. The molecule has 0 fully saturated rings. The van der Waals surface area contributed by atoms with E-state index in [0.29, 0.717) is 18.9 Å². The van der Waals surface area contributed by atoms with Gasteiger partial charge in [0.05, 0.1) is 30.3 Å². The van der Waals surface area contributed by atoms with Gasteiger partial charge in [0, 0.05) is 6.54 Å². The van der Waals surface area contributed by atoms with Crippen molar-refractivity contribution in [1.29, 1.82) is 0 Å². The van der Waals surface area contributed by atoms with E-state index in [1.165, 1.54) is 19.2 Å². The molecule has 100 valence electrons. The monoisotopic (exact) mass is 256 g/mol. The maximum Gasteiger partial charge on any atom is 0.278 e. The lowest BCUT2D eigenvalue weighted by atomic mass is 10.1. The number of rotatable bonds is 7. The van der Waals surface area contributed by atoms with E-state index in [2.05, 4.69) is 5.32 Å². The van der Waals surface area contributed by atoms with E-state index in [1.807, 2.05) is 0 Å². The molecular weight excluding hydrogens is 240 g/mol. The van der Waals surface area contributed by atoms with Gasteiger partial charge in [0.15, 0.2) is 11.5 Å². The molecule has 18 heavy (non-hydrogen) atoms. The Bertz CT molecular complexity index is 422. The van der Waals surface area contributed by atoms with Crippen molar-refractivity contribution in [3.05, 3.63) is 27.8 Å². The first-order valence-electron chi connectivity index (χ1n) is 5.37. The van der Waals surface area contributed by atoms with E-state index in [1.54, 1.807) is 7.05 Å². The third kappa shape index (κ3) is 3.31. The van der Waals surface area contributed by atoms with Crippen molar-refractivity contribution in [2.45, 2.75) is 6.61 Å². The second kappa shape index (κ2) is 6.77. The highest BCUT2D eigenvalue weighted by Gasteiger charge is 2.19. The Morgan fingerprint density at radius 1 is 1.44 bits per heavy atom. The van der Waals surface area contributed by atoms with Crippen molar-refractivity contribution in [3.8, 4) is 11.5 Å². The molecule has 0 saturated heterocycles. The summed E-state index contributed by atoms with van der Waals surface area (Å²) in [6.07, 6.45) is 0. The number of likely N-dealkylation sites (N-methyl/N-ethyl adjacent to an activating group) is 1. The zero-order valence-electron chi connectivity index (χ0n) is 10.3. The zero-order chi connectivity index (χ0) is 13.5. The first-order chi connectivity index (χ1) is 8.63. The first-order valence-corrected chi connectivity index (χ1v) is 5.37. The van der Waals surface area contributed by atoms with Crippen LogP contribution in [0.3, 0.4) is 0 Å². The Labute approximate surface area is 104 Å². The fourth-order valence-electron chi connectivity index (χ4n) is 1.42. The molecule has 0 unspecified atom stereocenters. The first kappa shape index (κ1) is 14.2. The number of benzene rings is 1. The van der Waals surface area contributed by atoms with Crippen LogP contribution in [0.2, 0.25) is 0 Å². The van der Waals surface area contributed by atoms with Crippen molar-refractivity contribution in [2.24, 2.45) is 0 Å². The lowest BCUT2D eigenvalue weighted by Crippen LogP contribution is -2.16. The minimum absolute atomic E-state index is 0.183. The summed E-state index contributed by atoms with van der Waals surface area (Å²) in [4.78, 5) is 10.3. The average molecular weight is 256 g/mol. The number of hydrogen-bond acceptors (Lipinski definition) is 6. The molecule has 0 bridgehead atoms. The van der Waals surface area contributed by atoms with E-state index < -0.39 is 11.5 Å². The quantitative estimate of drug-likeness (QED) is 0.423. The number of nitrogens with one attached hydrogen (secondary N) is 1. The summed E-state index contributed by atoms with van der Waals surface area (Å²) in [5, 5.41) is 22.8. The summed E-state index contributed by atoms with van der Waals surface area (Å²) in [6.45, 7) is 0.546. The van der Waals surface area contributed by atoms with Crippen molar-refractivity contribution in [2.75, 3.05) is 27.3 Å². The number of methoxy groups -OCH3 is 1. The number of hydrogen-bond donors (Lipinski definition) is 2. The van der Waals surface area contributed by atoms with Crippen LogP contribution >= 0.6 is 0 Å². The third-order valence-corrected chi connectivity index (χ3v) is 2.34. The van der Waals surface area contributed by atoms with Crippen LogP contribution in [-0.2, 0) is 6.61 Å². The molecule has 0 atom stereocenters. The molecule has 0 aromatic heterocycles. The number of nitrogens with zero attached hydrogens (tertiary/aromatic N) is 1. The van der Waals surface area contributed by atoms with Crippen LogP contribution in [-0.4, -0.2) is 37.3 Å².